The Kier molecular flexibility index (Phi) is 4.40. The van der Waals surface area contributed by atoms with Crippen LogP contribution in [0.25, 0.3) is 0 Å². The van der Waals surface area contributed by atoms with Gasteiger partial charge in [-0.1, -0.05) is 0 Å². The zero-order valence-electron chi connectivity index (χ0n) is 6.59. The predicted molar refractivity (Wildman–Crippen MR) is 41.8 cm³/mol. The van der Waals surface area contributed by atoms with E-state index in [1.807, 2.05) is 19.0 Å². The lowest BCUT2D eigenvalue weighted by Crippen LogP contribution is -2.28. The third-order valence-corrected chi connectivity index (χ3v) is 1.49. The van der Waals surface area contributed by atoms with Crippen molar-refractivity contribution in [2.45, 2.75) is 6.92 Å². The van der Waals surface area contributed by atoms with Gasteiger partial charge in [-0.15, -0.1) is 0 Å². The molecule has 0 saturated carbocycles. The lowest BCUT2D eigenvalue weighted by molar-refractivity contribution is -0.124. The molecule has 60 valence electrons. The summed E-state index contributed by atoms with van der Waals surface area (Å²) in [5.74, 6) is -0.108. The third-order valence-electron chi connectivity index (χ3n) is 1.09. The largest absolute Gasteiger partial charge is 0.308 e. The number of carbonyl (C=O) groups is 1. The number of nitrogens with zero attached hydrogens (tertiary/aromatic N) is 2. The van der Waals surface area contributed by atoms with Gasteiger partial charge in [-0.3, -0.25) is 9.21 Å². The number of likely N-dealkylation sites (N-methyl/N-ethyl adjacent to an activating group) is 1. The fourth-order valence-corrected chi connectivity index (χ4v) is 0.521. The maximum absolute atomic E-state index is 10.5. The van der Waals surface area contributed by atoms with Gasteiger partial charge in [-0.05, 0) is 14.1 Å². The van der Waals surface area contributed by atoms with Gasteiger partial charge in [0.1, 0.15) is 0 Å². The summed E-state index contributed by atoms with van der Waals surface area (Å²) in [4.78, 5) is 12.5. The number of halogens is 1. The molecular weight excluding hydrogens is 152 g/mol. The predicted octanol–water partition coefficient (Wildman–Crippen LogP) is 0.550. The summed E-state index contributed by atoms with van der Waals surface area (Å²) in [5.41, 5.74) is 0. The van der Waals surface area contributed by atoms with E-state index < -0.39 is 0 Å². The number of carbonyl (C=O) groups excluding carboxylic acids is 1. The number of rotatable bonds is 3. The van der Waals surface area contributed by atoms with Gasteiger partial charge < -0.3 is 4.90 Å². The summed E-state index contributed by atoms with van der Waals surface area (Å²) in [7, 11) is 3.87. The molecule has 4 heteroatoms. The smallest absolute Gasteiger partial charge is 0.233 e. The fraction of sp³-hybridized carbons (Fsp3) is 0.833. The van der Waals surface area contributed by atoms with Crippen LogP contribution in [0.2, 0.25) is 0 Å². The van der Waals surface area contributed by atoms with Crippen LogP contribution in [0.15, 0.2) is 0 Å². The monoisotopic (exact) mass is 164 g/mol. The van der Waals surface area contributed by atoms with Crippen molar-refractivity contribution < 1.29 is 4.79 Å². The average molecular weight is 165 g/mol. The molecule has 0 aliphatic rings. The molecule has 1 amide bonds. The molecule has 0 spiro atoms. The molecule has 0 heterocycles. The fourth-order valence-electron chi connectivity index (χ4n) is 0.445. The SMILES string of the molecule is CC(=O)N(Cl)CCN(C)C. The Labute approximate surface area is 66.7 Å². The van der Waals surface area contributed by atoms with E-state index in [9.17, 15) is 4.79 Å². The van der Waals surface area contributed by atoms with Crippen molar-refractivity contribution in [3.63, 3.8) is 0 Å². The Balaban J connectivity index is 3.40. The zero-order chi connectivity index (χ0) is 8.15. The molecule has 0 radical (unpaired) electrons. The summed E-state index contributed by atoms with van der Waals surface area (Å²) < 4.78 is 1.18. The minimum absolute atomic E-state index is 0.108. The second kappa shape index (κ2) is 4.52. The van der Waals surface area contributed by atoms with Crippen molar-refractivity contribution in [2.75, 3.05) is 27.2 Å². The van der Waals surface area contributed by atoms with Crippen LogP contribution in [0.4, 0.5) is 0 Å². The van der Waals surface area contributed by atoms with Gasteiger partial charge in [0.05, 0.1) is 6.54 Å². The van der Waals surface area contributed by atoms with Crippen LogP contribution in [0, 0.1) is 0 Å². The number of hydrogen-bond donors (Lipinski definition) is 0. The molecular formula is C6H13ClN2O. The molecule has 0 aliphatic heterocycles. The maximum atomic E-state index is 10.5. The van der Waals surface area contributed by atoms with Crippen LogP contribution >= 0.6 is 11.8 Å². The quantitative estimate of drug-likeness (QED) is 0.569. The second-order valence-corrected chi connectivity index (χ2v) is 2.82. The van der Waals surface area contributed by atoms with Gasteiger partial charge in [0, 0.05) is 25.2 Å². The molecule has 0 N–H and O–H groups in total. The van der Waals surface area contributed by atoms with Crippen molar-refractivity contribution in [2.24, 2.45) is 0 Å². The Morgan fingerprint density at radius 3 is 2.20 bits per heavy atom. The molecule has 0 rings (SSSR count). The highest BCUT2D eigenvalue weighted by molar-refractivity contribution is 6.20. The van der Waals surface area contributed by atoms with Gasteiger partial charge in [0.25, 0.3) is 0 Å². The van der Waals surface area contributed by atoms with E-state index in [1.165, 1.54) is 11.3 Å². The number of amides is 1. The minimum Gasteiger partial charge on any atom is -0.308 e. The highest BCUT2D eigenvalue weighted by Crippen LogP contribution is 1.93. The topological polar surface area (TPSA) is 23.6 Å². The van der Waals surface area contributed by atoms with E-state index in [0.717, 1.165) is 6.54 Å². The van der Waals surface area contributed by atoms with Crippen LogP contribution in [0.3, 0.4) is 0 Å². The minimum atomic E-state index is -0.108. The first kappa shape index (κ1) is 9.72. The molecule has 0 unspecified atom stereocenters. The van der Waals surface area contributed by atoms with Gasteiger partial charge in [-0.25, -0.2) is 0 Å². The van der Waals surface area contributed by atoms with Crippen molar-refractivity contribution in [3.8, 4) is 0 Å². The van der Waals surface area contributed by atoms with Crippen molar-refractivity contribution in [3.05, 3.63) is 0 Å². The van der Waals surface area contributed by atoms with Gasteiger partial charge in [-0.2, -0.15) is 0 Å². The Morgan fingerprint density at radius 1 is 1.40 bits per heavy atom. The molecule has 0 aromatic heterocycles. The van der Waals surface area contributed by atoms with E-state index in [4.69, 9.17) is 11.8 Å². The maximum Gasteiger partial charge on any atom is 0.233 e. The highest BCUT2D eigenvalue weighted by Gasteiger charge is 2.03. The van der Waals surface area contributed by atoms with Crippen molar-refractivity contribution in [1.82, 2.24) is 9.32 Å². The van der Waals surface area contributed by atoms with E-state index in [1.54, 1.807) is 0 Å². The standard InChI is InChI=1S/C6H13ClN2O/c1-6(10)9(7)5-4-8(2)3/h4-5H2,1-3H3. The van der Waals surface area contributed by atoms with Gasteiger partial charge in [0.15, 0.2) is 0 Å². The lowest BCUT2D eigenvalue weighted by atomic mass is 10.5. The van der Waals surface area contributed by atoms with Crippen molar-refractivity contribution in [1.29, 1.82) is 0 Å². The lowest BCUT2D eigenvalue weighted by Gasteiger charge is -2.14. The number of hydrogen-bond acceptors (Lipinski definition) is 2. The van der Waals surface area contributed by atoms with E-state index in [2.05, 4.69) is 0 Å². The van der Waals surface area contributed by atoms with Crippen LogP contribution in [-0.4, -0.2) is 42.4 Å². The Hall–Kier alpha value is -0.280. The summed E-state index contributed by atoms with van der Waals surface area (Å²) in [5, 5.41) is 0. The van der Waals surface area contributed by atoms with Crippen molar-refractivity contribution >= 4 is 17.7 Å². The first-order chi connectivity index (χ1) is 4.54. The average Bonchev–Trinajstić information content (AvgIpc) is 1.82. The highest BCUT2D eigenvalue weighted by atomic mass is 35.5. The first-order valence-corrected chi connectivity index (χ1v) is 3.46. The zero-order valence-corrected chi connectivity index (χ0v) is 7.35. The van der Waals surface area contributed by atoms with Gasteiger partial charge in [0.2, 0.25) is 5.91 Å². The third kappa shape index (κ3) is 4.58. The normalized spacial score (nSPS) is 10.1. The molecule has 0 fully saturated rings. The molecule has 10 heavy (non-hydrogen) atoms. The van der Waals surface area contributed by atoms with Crippen LogP contribution in [-0.2, 0) is 4.79 Å². The van der Waals surface area contributed by atoms with Crippen LogP contribution in [0.1, 0.15) is 6.92 Å². The van der Waals surface area contributed by atoms with E-state index in [-0.39, 0.29) is 5.91 Å². The molecule has 0 atom stereocenters. The molecule has 0 saturated heterocycles. The molecule has 3 nitrogen and oxygen atoms in total. The Morgan fingerprint density at radius 2 is 1.90 bits per heavy atom. The molecule has 0 aromatic rings. The van der Waals surface area contributed by atoms with E-state index in [0.29, 0.717) is 6.54 Å². The summed E-state index contributed by atoms with van der Waals surface area (Å²) in [6.45, 7) is 2.82. The van der Waals surface area contributed by atoms with Crippen LogP contribution < -0.4 is 0 Å². The first-order valence-electron chi connectivity index (χ1n) is 3.12. The van der Waals surface area contributed by atoms with Gasteiger partial charge >= 0.3 is 0 Å². The Bertz CT molecular complexity index is 116. The summed E-state index contributed by atoms with van der Waals surface area (Å²) in [6.07, 6.45) is 0. The van der Waals surface area contributed by atoms with E-state index >= 15 is 0 Å². The second-order valence-electron chi connectivity index (χ2n) is 2.41. The molecule has 0 aliphatic carbocycles. The summed E-state index contributed by atoms with van der Waals surface area (Å²) >= 11 is 5.52. The van der Waals surface area contributed by atoms with Crippen LogP contribution in [0.5, 0.6) is 0 Å². The molecule has 0 bridgehead atoms. The molecule has 0 aromatic carbocycles. The summed E-state index contributed by atoms with van der Waals surface area (Å²) in [6, 6.07) is 0.